The third-order valence-electron chi connectivity index (χ3n) is 3.08. The fraction of sp³-hybridized carbons (Fsp3) is 0.200. The van der Waals surface area contributed by atoms with Crippen molar-refractivity contribution < 1.29 is 13.5 Å². The minimum Gasteiger partial charge on any atom is -0.392 e. The molecule has 0 aliphatic carbocycles. The second-order valence-corrected chi connectivity index (χ2v) is 7.09. The Morgan fingerprint density at radius 1 is 1.14 bits per heavy atom. The zero-order valence-electron chi connectivity index (χ0n) is 11.5. The average Bonchev–Trinajstić information content (AvgIpc) is 2.45. The van der Waals surface area contributed by atoms with E-state index in [2.05, 4.69) is 5.32 Å². The van der Waals surface area contributed by atoms with Crippen LogP contribution in [0.25, 0.3) is 0 Å². The van der Waals surface area contributed by atoms with Crippen molar-refractivity contribution in [3.8, 4) is 0 Å². The van der Waals surface area contributed by atoms with E-state index in [4.69, 9.17) is 16.7 Å². The van der Waals surface area contributed by atoms with E-state index in [1.165, 1.54) is 0 Å². The number of aliphatic hydroxyl groups is 1. The minimum atomic E-state index is -3.33. The van der Waals surface area contributed by atoms with Crippen molar-refractivity contribution in [2.45, 2.75) is 18.0 Å². The number of anilines is 1. The second kappa shape index (κ2) is 6.47. The van der Waals surface area contributed by atoms with Crippen LogP contribution in [0.1, 0.15) is 11.1 Å². The van der Waals surface area contributed by atoms with E-state index >= 15 is 0 Å². The van der Waals surface area contributed by atoms with Crippen molar-refractivity contribution >= 4 is 27.1 Å². The smallest absolute Gasteiger partial charge is 0.175 e. The summed E-state index contributed by atoms with van der Waals surface area (Å²) in [5.41, 5.74) is 2.19. The van der Waals surface area contributed by atoms with E-state index in [9.17, 15) is 8.42 Å². The van der Waals surface area contributed by atoms with Crippen LogP contribution in [-0.2, 0) is 23.0 Å². The van der Waals surface area contributed by atoms with Gasteiger partial charge in [0.15, 0.2) is 9.84 Å². The normalized spacial score (nSPS) is 11.4. The Hall–Kier alpha value is -1.56. The number of nitrogens with one attached hydrogen (secondary N) is 1. The molecule has 2 aromatic rings. The molecule has 0 aliphatic heterocycles. The molecular formula is C15H16ClNO3S. The van der Waals surface area contributed by atoms with Crippen molar-refractivity contribution in [3.63, 3.8) is 0 Å². The summed E-state index contributed by atoms with van der Waals surface area (Å²) in [6.45, 7) is 0.295. The fourth-order valence-electron chi connectivity index (χ4n) is 1.98. The maximum absolute atomic E-state index is 11.8. The largest absolute Gasteiger partial charge is 0.392 e. The van der Waals surface area contributed by atoms with Gasteiger partial charge in [0.05, 0.1) is 11.5 Å². The van der Waals surface area contributed by atoms with Gasteiger partial charge in [0.2, 0.25) is 0 Å². The van der Waals surface area contributed by atoms with E-state index in [0.29, 0.717) is 17.1 Å². The molecule has 0 fully saturated rings. The predicted molar refractivity (Wildman–Crippen MR) is 84.3 cm³/mol. The highest BCUT2D eigenvalue weighted by atomic mass is 35.5. The average molecular weight is 326 g/mol. The molecule has 112 valence electrons. The number of aliphatic hydroxyl groups excluding tert-OH is 1. The first-order chi connectivity index (χ1) is 9.91. The SMILES string of the molecule is CS(=O)(=O)c1cccc(Cl)c1CNc1ccc(CO)cc1. The van der Waals surface area contributed by atoms with Gasteiger partial charge in [-0.1, -0.05) is 29.8 Å². The molecule has 0 aromatic heterocycles. The van der Waals surface area contributed by atoms with E-state index in [1.807, 2.05) is 12.1 Å². The van der Waals surface area contributed by atoms with Gasteiger partial charge in [0, 0.05) is 29.1 Å². The molecule has 0 amide bonds. The van der Waals surface area contributed by atoms with E-state index in [0.717, 1.165) is 17.5 Å². The standard InChI is InChI=1S/C15H16ClNO3S/c1-21(19,20)15-4-2-3-14(16)13(15)9-17-12-7-5-11(10-18)6-8-12/h2-8,17-18H,9-10H2,1H3. The van der Waals surface area contributed by atoms with E-state index in [-0.39, 0.29) is 11.5 Å². The van der Waals surface area contributed by atoms with Crippen LogP contribution in [0.2, 0.25) is 5.02 Å². The summed E-state index contributed by atoms with van der Waals surface area (Å²) in [5, 5.41) is 12.5. The van der Waals surface area contributed by atoms with Crippen molar-refractivity contribution in [3.05, 3.63) is 58.6 Å². The molecule has 0 heterocycles. The summed E-state index contributed by atoms with van der Waals surface area (Å²) in [5.74, 6) is 0. The predicted octanol–water partition coefficient (Wildman–Crippen LogP) is 2.85. The number of halogens is 1. The summed E-state index contributed by atoms with van der Waals surface area (Å²) in [6.07, 6.45) is 1.16. The van der Waals surface area contributed by atoms with Gasteiger partial charge in [-0.15, -0.1) is 0 Å². The number of hydrogen-bond donors (Lipinski definition) is 2. The zero-order chi connectivity index (χ0) is 15.5. The first-order valence-corrected chi connectivity index (χ1v) is 8.60. The third kappa shape index (κ3) is 3.97. The Morgan fingerprint density at radius 3 is 2.38 bits per heavy atom. The molecule has 0 saturated carbocycles. The molecule has 21 heavy (non-hydrogen) atoms. The van der Waals surface area contributed by atoms with Gasteiger partial charge in [-0.2, -0.15) is 0 Å². The summed E-state index contributed by atoms with van der Waals surface area (Å²) in [6, 6.07) is 12.1. The van der Waals surface area contributed by atoms with Gasteiger partial charge in [-0.3, -0.25) is 0 Å². The van der Waals surface area contributed by atoms with Crippen molar-refractivity contribution in [2.24, 2.45) is 0 Å². The molecule has 2 aromatic carbocycles. The van der Waals surface area contributed by atoms with Crippen LogP contribution in [0.5, 0.6) is 0 Å². The topological polar surface area (TPSA) is 66.4 Å². The van der Waals surface area contributed by atoms with E-state index < -0.39 is 9.84 Å². The van der Waals surface area contributed by atoms with Gasteiger partial charge in [-0.05, 0) is 29.8 Å². The molecule has 2 N–H and O–H groups in total. The molecule has 2 rings (SSSR count). The van der Waals surface area contributed by atoms with Crippen LogP contribution in [0.3, 0.4) is 0 Å². The molecule has 0 spiro atoms. The highest BCUT2D eigenvalue weighted by Gasteiger charge is 2.15. The van der Waals surface area contributed by atoms with Crippen LogP contribution in [0.4, 0.5) is 5.69 Å². The quantitative estimate of drug-likeness (QED) is 0.887. The van der Waals surface area contributed by atoms with Gasteiger partial charge in [-0.25, -0.2) is 8.42 Å². The summed E-state index contributed by atoms with van der Waals surface area (Å²) >= 11 is 6.11. The van der Waals surface area contributed by atoms with Crippen LogP contribution < -0.4 is 5.32 Å². The molecule has 0 bridgehead atoms. The van der Waals surface area contributed by atoms with Gasteiger partial charge < -0.3 is 10.4 Å². The molecule has 0 radical (unpaired) electrons. The number of rotatable bonds is 5. The first-order valence-electron chi connectivity index (χ1n) is 6.33. The molecule has 4 nitrogen and oxygen atoms in total. The maximum atomic E-state index is 11.8. The van der Waals surface area contributed by atoms with E-state index in [1.54, 1.807) is 30.3 Å². The Balaban J connectivity index is 2.23. The van der Waals surface area contributed by atoms with Crippen LogP contribution in [-0.4, -0.2) is 19.8 Å². The van der Waals surface area contributed by atoms with Crippen LogP contribution in [0, 0.1) is 0 Å². The monoisotopic (exact) mass is 325 g/mol. The number of hydrogen-bond acceptors (Lipinski definition) is 4. The zero-order valence-corrected chi connectivity index (χ0v) is 13.1. The maximum Gasteiger partial charge on any atom is 0.175 e. The number of benzene rings is 2. The lowest BCUT2D eigenvalue weighted by atomic mass is 10.2. The molecular weight excluding hydrogens is 310 g/mol. The minimum absolute atomic E-state index is 0.0109. The highest BCUT2D eigenvalue weighted by Crippen LogP contribution is 2.25. The van der Waals surface area contributed by atoms with Crippen molar-refractivity contribution in [2.75, 3.05) is 11.6 Å². The fourth-order valence-corrected chi connectivity index (χ4v) is 3.23. The van der Waals surface area contributed by atoms with Gasteiger partial charge in [0.25, 0.3) is 0 Å². The Morgan fingerprint density at radius 2 is 1.81 bits per heavy atom. The van der Waals surface area contributed by atoms with Crippen LogP contribution >= 0.6 is 11.6 Å². The molecule has 0 atom stereocenters. The lowest BCUT2D eigenvalue weighted by molar-refractivity contribution is 0.282. The number of sulfone groups is 1. The molecule has 0 saturated heterocycles. The molecule has 0 aliphatic rings. The lowest BCUT2D eigenvalue weighted by Gasteiger charge is -2.12. The lowest BCUT2D eigenvalue weighted by Crippen LogP contribution is -2.07. The highest BCUT2D eigenvalue weighted by molar-refractivity contribution is 7.90. The second-order valence-electron chi connectivity index (χ2n) is 4.70. The Kier molecular flexibility index (Phi) is 4.88. The van der Waals surface area contributed by atoms with Gasteiger partial charge >= 0.3 is 0 Å². The third-order valence-corrected chi connectivity index (χ3v) is 4.62. The molecule has 0 unspecified atom stereocenters. The molecule has 6 heteroatoms. The summed E-state index contributed by atoms with van der Waals surface area (Å²) < 4.78 is 23.6. The Labute approximate surface area is 129 Å². The van der Waals surface area contributed by atoms with Gasteiger partial charge in [0.1, 0.15) is 0 Å². The summed E-state index contributed by atoms with van der Waals surface area (Å²) in [7, 11) is -3.33. The first kappa shape index (κ1) is 15.8. The van der Waals surface area contributed by atoms with Crippen LogP contribution in [0.15, 0.2) is 47.4 Å². The van der Waals surface area contributed by atoms with Crippen molar-refractivity contribution in [1.82, 2.24) is 0 Å². The summed E-state index contributed by atoms with van der Waals surface area (Å²) in [4.78, 5) is 0.231. The Bertz CT molecular complexity index is 727. The van der Waals surface area contributed by atoms with Crippen molar-refractivity contribution in [1.29, 1.82) is 0 Å².